The van der Waals surface area contributed by atoms with E-state index in [0.717, 1.165) is 31.6 Å². The molecule has 2 N–H and O–H groups in total. The second-order valence-corrected chi connectivity index (χ2v) is 4.59. The quantitative estimate of drug-likeness (QED) is 0.853. The number of hydrogen-bond donors (Lipinski definition) is 2. The lowest BCUT2D eigenvalue weighted by Gasteiger charge is -2.20. The highest BCUT2D eigenvalue weighted by atomic mass is 19.1. The fourth-order valence-corrected chi connectivity index (χ4v) is 2.40. The highest BCUT2D eigenvalue weighted by molar-refractivity contribution is 5.59. The summed E-state index contributed by atoms with van der Waals surface area (Å²) in [6, 6.07) is 3.60. The van der Waals surface area contributed by atoms with Crippen molar-refractivity contribution in [1.29, 1.82) is 0 Å². The molecule has 3 heterocycles. The van der Waals surface area contributed by atoms with Crippen molar-refractivity contribution < 1.29 is 4.39 Å². The minimum atomic E-state index is -0.333. The van der Waals surface area contributed by atoms with Crippen LogP contribution in [0.1, 0.15) is 24.5 Å². The summed E-state index contributed by atoms with van der Waals surface area (Å²) in [6.07, 6.45) is 4.99. The molecule has 0 atom stereocenters. The van der Waals surface area contributed by atoms with Gasteiger partial charge in [0.2, 0.25) is 0 Å². The van der Waals surface area contributed by atoms with E-state index >= 15 is 0 Å². The second kappa shape index (κ2) is 4.86. The maximum absolute atomic E-state index is 13.6. The lowest BCUT2D eigenvalue weighted by Crippen LogP contribution is -2.26. The number of H-pyrrole nitrogens is 1. The van der Waals surface area contributed by atoms with Gasteiger partial charge in [-0.1, -0.05) is 0 Å². The zero-order chi connectivity index (χ0) is 12.4. The van der Waals surface area contributed by atoms with Crippen LogP contribution in [0.3, 0.4) is 0 Å². The molecule has 94 valence electrons. The molecule has 0 unspecified atom stereocenters. The van der Waals surface area contributed by atoms with E-state index in [2.05, 4.69) is 20.5 Å². The first-order valence-electron chi connectivity index (χ1n) is 6.20. The minimum Gasteiger partial charge on any atom is -0.317 e. The molecule has 0 aliphatic carbocycles. The minimum absolute atomic E-state index is 0.333. The number of pyridine rings is 1. The zero-order valence-electron chi connectivity index (χ0n) is 9.99. The van der Waals surface area contributed by atoms with Crippen LogP contribution >= 0.6 is 0 Å². The molecule has 1 saturated heterocycles. The fraction of sp³-hybridized carbons (Fsp3) is 0.385. The van der Waals surface area contributed by atoms with E-state index in [1.807, 2.05) is 6.07 Å². The Kier molecular flexibility index (Phi) is 3.06. The van der Waals surface area contributed by atoms with Crippen molar-refractivity contribution in [2.45, 2.75) is 18.8 Å². The van der Waals surface area contributed by atoms with Crippen LogP contribution in [0.5, 0.6) is 0 Å². The van der Waals surface area contributed by atoms with Crippen molar-refractivity contribution in [1.82, 2.24) is 20.5 Å². The molecule has 1 aliphatic rings. The number of aromatic nitrogens is 3. The van der Waals surface area contributed by atoms with Crippen molar-refractivity contribution in [3.05, 3.63) is 36.0 Å². The summed E-state index contributed by atoms with van der Waals surface area (Å²) in [6.45, 7) is 2.06. The van der Waals surface area contributed by atoms with Gasteiger partial charge in [0, 0.05) is 23.4 Å². The lowest BCUT2D eigenvalue weighted by atomic mass is 9.94. The van der Waals surface area contributed by atoms with E-state index < -0.39 is 0 Å². The van der Waals surface area contributed by atoms with E-state index in [4.69, 9.17) is 0 Å². The molecule has 3 rings (SSSR count). The Balaban J connectivity index is 1.87. The number of nitrogens with one attached hydrogen (secondary N) is 2. The Labute approximate surface area is 105 Å². The van der Waals surface area contributed by atoms with Gasteiger partial charge in [0.25, 0.3) is 0 Å². The van der Waals surface area contributed by atoms with E-state index in [0.29, 0.717) is 17.2 Å². The first-order chi connectivity index (χ1) is 8.84. The number of nitrogens with zero attached hydrogens (tertiary/aromatic N) is 2. The molecular formula is C13H15FN4. The zero-order valence-corrected chi connectivity index (χ0v) is 9.99. The van der Waals surface area contributed by atoms with Crippen molar-refractivity contribution in [3.8, 4) is 11.3 Å². The van der Waals surface area contributed by atoms with Gasteiger partial charge in [0.15, 0.2) is 5.82 Å². The smallest absolute Gasteiger partial charge is 0.150 e. The van der Waals surface area contributed by atoms with Crippen LogP contribution in [-0.4, -0.2) is 28.3 Å². The standard InChI is InChI=1S/C13H15FN4/c14-11-8-16-6-3-10(11)13-7-12(17-18-13)9-1-4-15-5-2-9/h3,6-9,15H,1-2,4-5H2,(H,17,18). The number of piperidine rings is 1. The Morgan fingerprint density at radius 3 is 2.89 bits per heavy atom. The van der Waals surface area contributed by atoms with Gasteiger partial charge < -0.3 is 5.32 Å². The highest BCUT2D eigenvalue weighted by Gasteiger charge is 2.18. The van der Waals surface area contributed by atoms with Crippen LogP contribution < -0.4 is 5.32 Å². The van der Waals surface area contributed by atoms with E-state index in [-0.39, 0.29) is 5.82 Å². The van der Waals surface area contributed by atoms with Crippen LogP contribution in [0.2, 0.25) is 0 Å². The molecule has 0 spiro atoms. The summed E-state index contributed by atoms with van der Waals surface area (Å²) < 4.78 is 13.6. The first kappa shape index (κ1) is 11.3. The molecule has 2 aromatic rings. The van der Waals surface area contributed by atoms with Crippen LogP contribution in [0.15, 0.2) is 24.5 Å². The second-order valence-electron chi connectivity index (χ2n) is 4.59. The molecule has 0 amide bonds. The molecule has 2 aromatic heterocycles. The maximum Gasteiger partial charge on any atom is 0.150 e. The monoisotopic (exact) mass is 246 g/mol. The summed E-state index contributed by atoms with van der Waals surface area (Å²) in [5, 5.41) is 10.6. The van der Waals surface area contributed by atoms with Gasteiger partial charge in [-0.25, -0.2) is 4.39 Å². The van der Waals surface area contributed by atoms with E-state index in [9.17, 15) is 4.39 Å². The third-order valence-corrected chi connectivity index (χ3v) is 3.43. The molecule has 18 heavy (non-hydrogen) atoms. The average molecular weight is 246 g/mol. The molecule has 1 fully saturated rings. The number of aromatic amines is 1. The fourth-order valence-electron chi connectivity index (χ4n) is 2.40. The van der Waals surface area contributed by atoms with Crippen molar-refractivity contribution >= 4 is 0 Å². The molecule has 5 heteroatoms. The van der Waals surface area contributed by atoms with Gasteiger partial charge in [0.1, 0.15) is 0 Å². The Hall–Kier alpha value is -1.75. The SMILES string of the molecule is Fc1cnccc1-c1cc(C2CCNCC2)[nH]n1. The van der Waals surface area contributed by atoms with Gasteiger partial charge in [-0.05, 0) is 38.1 Å². The summed E-state index contributed by atoms with van der Waals surface area (Å²) in [5.74, 6) is 0.165. The number of rotatable bonds is 2. The molecule has 0 bridgehead atoms. The largest absolute Gasteiger partial charge is 0.317 e. The molecule has 0 radical (unpaired) electrons. The van der Waals surface area contributed by atoms with E-state index in [1.54, 1.807) is 12.3 Å². The van der Waals surface area contributed by atoms with Crippen LogP contribution in [0.25, 0.3) is 11.3 Å². The molecule has 0 saturated carbocycles. The Bertz CT molecular complexity index is 531. The predicted octanol–water partition coefficient (Wildman–Crippen LogP) is 2.08. The van der Waals surface area contributed by atoms with Crippen LogP contribution in [0, 0.1) is 5.82 Å². The van der Waals surface area contributed by atoms with Crippen LogP contribution in [-0.2, 0) is 0 Å². The normalized spacial score (nSPS) is 16.9. The lowest BCUT2D eigenvalue weighted by molar-refractivity contribution is 0.453. The Morgan fingerprint density at radius 1 is 1.28 bits per heavy atom. The van der Waals surface area contributed by atoms with Gasteiger partial charge in [-0.15, -0.1) is 0 Å². The summed E-state index contributed by atoms with van der Waals surface area (Å²) >= 11 is 0. The van der Waals surface area contributed by atoms with Crippen molar-refractivity contribution in [2.75, 3.05) is 13.1 Å². The topological polar surface area (TPSA) is 53.6 Å². The van der Waals surface area contributed by atoms with Gasteiger partial charge in [-0.3, -0.25) is 10.1 Å². The Morgan fingerprint density at radius 2 is 2.11 bits per heavy atom. The highest BCUT2D eigenvalue weighted by Crippen LogP contribution is 2.27. The molecule has 1 aliphatic heterocycles. The molecular weight excluding hydrogens is 231 g/mol. The van der Waals surface area contributed by atoms with Crippen LogP contribution in [0.4, 0.5) is 4.39 Å². The summed E-state index contributed by atoms with van der Waals surface area (Å²) in [5.41, 5.74) is 2.26. The summed E-state index contributed by atoms with van der Waals surface area (Å²) in [4.78, 5) is 3.75. The number of halogens is 1. The molecule has 0 aromatic carbocycles. The summed E-state index contributed by atoms with van der Waals surface area (Å²) in [7, 11) is 0. The van der Waals surface area contributed by atoms with E-state index in [1.165, 1.54) is 6.20 Å². The van der Waals surface area contributed by atoms with Crippen molar-refractivity contribution in [2.24, 2.45) is 0 Å². The first-order valence-corrected chi connectivity index (χ1v) is 6.20. The number of hydrogen-bond acceptors (Lipinski definition) is 3. The maximum atomic E-state index is 13.6. The third-order valence-electron chi connectivity index (χ3n) is 3.43. The van der Waals surface area contributed by atoms with Gasteiger partial charge in [-0.2, -0.15) is 5.10 Å². The van der Waals surface area contributed by atoms with Gasteiger partial charge in [0.05, 0.1) is 11.9 Å². The van der Waals surface area contributed by atoms with Gasteiger partial charge >= 0.3 is 0 Å². The predicted molar refractivity (Wildman–Crippen MR) is 66.6 cm³/mol. The third kappa shape index (κ3) is 2.13. The van der Waals surface area contributed by atoms with Crippen molar-refractivity contribution in [3.63, 3.8) is 0 Å². The average Bonchev–Trinajstić information content (AvgIpc) is 2.90. The molecule has 4 nitrogen and oxygen atoms in total.